The van der Waals surface area contributed by atoms with Crippen molar-refractivity contribution in [2.45, 2.75) is 20.3 Å². The number of hydrogen-bond acceptors (Lipinski definition) is 3. The van der Waals surface area contributed by atoms with E-state index in [1.54, 1.807) is 12.1 Å². The lowest BCUT2D eigenvalue weighted by molar-refractivity contribution is 0.108. The van der Waals surface area contributed by atoms with Gasteiger partial charge in [0, 0.05) is 31.5 Å². The number of anilines is 1. The molecule has 1 rings (SSSR count). The Morgan fingerprint density at radius 2 is 2.23 bits per heavy atom. The van der Waals surface area contributed by atoms with Crippen molar-refractivity contribution in [3.63, 3.8) is 0 Å². The van der Waals surface area contributed by atoms with Crippen molar-refractivity contribution in [1.29, 1.82) is 0 Å². The van der Waals surface area contributed by atoms with Crippen LogP contribution in [0.5, 0.6) is 5.75 Å². The molecule has 0 saturated heterocycles. The first kappa shape index (κ1) is 18.0. The Morgan fingerprint density at radius 3 is 2.95 bits per heavy atom. The molecule has 0 fully saturated rings. The Labute approximate surface area is 132 Å². The molecule has 0 aliphatic carbocycles. The van der Waals surface area contributed by atoms with Crippen LogP contribution < -0.4 is 15.4 Å². The fourth-order valence-corrected chi connectivity index (χ4v) is 1.69. The van der Waals surface area contributed by atoms with E-state index in [-0.39, 0.29) is 6.03 Å². The summed E-state index contributed by atoms with van der Waals surface area (Å²) in [7, 11) is 0. The summed E-state index contributed by atoms with van der Waals surface area (Å²) in [5.41, 5.74) is 0.690. The van der Waals surface area contributed by atoms with Crippen molar-refractivity contribution in [3.8, 4) is 5.75 Å². The molecule has 22 heavy (non-hydrogen) atoms. The van der Waals surface area contributed by atoms with E-state index in [2.05, 4.69) is 31.1 Å². The van der Waals surface area contributed by atoms with Gasteiger partial charge in [0.25, 0.3) is 0 Å². The van der Waals surface area contributed by atoms with Gasteiger partial charge in [-0.3, -0.25) is 0 Å². The zero-order valence-corrected chi connectivity index (χ0v) is 13.4. The van der Waals surface area contributed by atoms with Crippen molar-refractivity contribution < 1.29 is 14.3 Å². The van der Waals surface area contributed by atoms with E-state index in [0.717, 1.165) is 13.0 Å². The average molecular weight is 306 g/mol. The van der Waals surface area contributed by atoms with Gasteiger partial charge in [-0.1, -0.05) is 32.6 Å². The predicted octanol–water partition coefficient (Wildman–Crippen LogP) is 3.44. The maximum absolute atomic E-state index is 11.8. The quantitative estimate of drug-likeness (QED) is 0.514. The van der Waals surface area contributed by atoms with Crippen molar-refractivity contribution >= 4 is 11.7 Å². The van der Waals surface area contributed by atoms with Crippen molar-refractivity contribution in [2.75, 3.05) is 31.7 Å². The summed E-state index contributed by atoms with van der Waals surface area (Å²) in [6.45, 7) is 10.2. The second-order valence-corrected chi connectivity index (χ2v) is 5.33. The lowest BCUT2D eigenvalue weighted by atomic mass is 10.2. The smallest absolute Gasteiger partial charge is 0.319 e. The van der Waals surface area contributed by atoms with E-state index in [4.69, 9.17) is 9.47 Å². The molecule has 0 atom stereocenters. The second-order valence-electron chi connectivity index (χ2n) is 5.33. The van der Waals surface area contributed by atoms with Crippen LogP contribution in [0.1, 0.15) is 20.3 Å². The summed E-state index contributed by atoms with van der Waals surface area (Å²) >= 11 is 0. The number of benzene rings is 1. The standard InChI is InChI=1S/C17H26N2O3/c1-4-10-22-16-8-5-7-15(12-16)19-17(20)18-9-6-11-21-13-14(2)3/h4-5,7-8,12,14H,1,6,9-11,13H2,2-3H3,(H2,18,19,20). The first-order chi connectivity index (χ1) is 10.6. The lowest BCUT2D eigenvalue weighted by Gasteiger charge is -2.10. The zero-order chi connectivity index (χ0) is 16.2. The summed E-state index contributed by atoms with van der Waals surface area (Å²) in [6, 6.07) is 7.01. The normalized spacial score (nSPS) is 10.3. The molecule has 2 amide bonds. The molecule has 2 N–H and O–H groups in total. The first-order valence-corrected chi connectivity index (χ1v) is 7.58. The average Bonchev–Trinajstić information content (AvgIpc) is 2.48. The van der Waals surface area contributed by atoms with Crippen LogP contribution in [0.15, 0.2) is 36.9 Å². The lowest BCUT2D eigenvalue weighted by Crippen LogP contribution is -2.30. The minimum absolute atomic E-state index is 0.232. The number of carbonyl (C=O) groups is 1. The van der Waals surface area contributed by atoms with E-state index in [0.29, 0.717) is 37.1 Å². The first-order valence-electron chi connectivity index (χ1n) is 7.58. The van der Waals surface area contributed by atoms with Gasteiger partial charge in [-0.05, 0) is 24.5 Å². The van der Waals surface area contributed by atoms with E-state index >= 15 is 0 Å². The minimum atomic E-state index is -0.232. The van der Waals surface area contributed by atoms with Crippen LogP contribution in [0.2, 0.25) is 0 Å². The molecule has 0 aromatic heterocycles. The van der Waals surface area contributed by atoms with Gasteiger partial charge in [0.05, 0.1) is 0 Å². The number of rotatable bonds is 10. The second kappa shape index (κ2) is 10.7. The predicted molar refractivity (Wildman–Crippen MR) is 89.4 cm³/mol. The number of hydrogen-bond donors (Lipinski definition) is 2. The van der Waals surface area contributed by atoms with Crippen molar-refractivity contribution in [2.24, 2.45) is 5.92 Å². The number of carbonyl (C=O) groups excluding carboxylic acids is 1. The van der Waals surface area contributed by atoms with E-state index < -0.39 is 0 Å². The fraction of sp³-hybridized carbons (Fsp3) is 0.471. The molecule has 0 aliphatic heterocycles. The highest BCUT2D eigenvalue weighted by molar-refractivity contribution is 5.89. The number of nitrogens with one attached hydrogen (secondary N) is 2. The van der Waals surface area contributed by atoms with Crippen molar-refractivity contribution in [3.05, 3.63) is 36.9 Å². The molecule has 0 unspecified atom stereocenters. The molecule has 0 radical (unpaired) electrons. The maximum atomic E-state index is 11.8. The van der Waals surface area contributed by atoms with E-state index in [1.807, 2.05) is 18.2 Å². The highest BCUT2D eigenvalue weighted by Gasteiger charge is 2.02. The van der Waals surface area contributed by atoms with Gasteiger partial charge in [0.1, 0.15) is 12.4 Å². The largest absolute Gasteiger partial charge is 0.489 e. The Kier molecular flexibility index (Phi) is 8.76. The van der Waals surface area contributed by atoms with Gasteiger partial charge < -0.3 is 20.1 Å². The molecular formula is C17H26N2O3. The molecule has 1 aromatic carbocycles. The van der Waals surface area contributed by atoms with Gasteiger partial charge >= 0.3 is 6.03 Å². The maximum Gasteiger partial charge on any atom is 0.319 e. The van der Waals surface area contributed by atoms with E-state index in [9.17, 15) is 4.79 Å². The van der Waals surface area contributed by atoms with Crippen LogP contribution in [0.25, 0.3) is 0 Å². The molecular weight excluding hydrogens is 280 g/mol. The molecule has 0 bridgehead atoms. The van der Waals surface area contributed by atoms with Gasteiger partial charge in [0.2, 0.25) is 0 Å². The molecule has 0 saturated carbocycles. The molecule has 0 heterocycles. The minimum Gasteiger partial charge on any atom is -0.489 e. The third-order valence-electron chi connectivity index (χ3n) is 2.66. The summed E-state index contributed by atoms with van der Waals surface area (Å²) in [5.74, 6) is 1.23. The van der Waals surface area contributed by atoms with Crippen LogP contribution in [0.4, 0.5) is 10.5 Å². The summed E-state index contributed by atoms with van der Waals surface area (Å²) in [4.78, 5) is 11.8. The Bertz CT molecular complexity index is 461. The molecule has 5 nitrogen and oxygen atoms in total. The molecule has 1 aromatic rings. The Morgan fingerprint density at radius 1 is 1.41 bits per heavy atom. The third kappa shape index (κ3) is 8.32. The van der Waals surface area contributed by atoms with Gasteiger partial charge in [-0.25, -0.2) is 4.79 Å². The molecule has 5 heteroatoms. The number of amides is 2. The molecule has 0 spiro atoms. The number of urea groups is 1. The highest BCUT2D eigenvalue weighted by atomic mass is 16.5. The zero-order valence-electron chi connectivity index (χ0n) is 13.4. The highest BCUT2D eigenvalue weighted by Crippen LogP contribution is 2.17. The third-order valence-corrected chi connectivity index (χ3v) is 2.66. The fourth-order valence-electron chi connectivity index (χ4n) is 1.69. The molecule has 0 aliphatic rings. The summed E-state index contributed by atoms with van der Waals surface area (Å²) in [6.07, 6.45) is 2.47. The Hall–Kier alpha value is -2.01. The SMILES string of the molecule is C=CCOc1cccc(NC(=O)NCCCOCC(C)C)c1. The summed E-state index contributed by atoms with van der Waals surface area (Å²) in [5, 5.41) is 5.57. The van der Waals surface area contributed by atoms with Crippen LogP contribution in [0, 0.1) is 5.92 Å². The topological polar surface area (TPSA) is 59.6 Å². The van der Waals surface area contributed by atoms with Crippen LogP contribution in [-0.2, 0) is 4.74 Å². The van der Waals surface area contributed by atoms with Gasteiger partial charge in [0.15, 0.2) is 0 Å². The Balaban J connectivity index is 2.22. The van der Waals surface area contributed by atoms with Gasteiger partial charge in [-0.2, -0.15) is 0 Å². The number of ether oxygens (including phenoxy) is 2. The van der Waals surface area contributed by atoms with Crippen molar-refractivity contribution in [1.82, 2.24) is 5.32 Å². The van der Waals surface area contributed by atoms with Crippen LogP contribution in [0.3, 0.4) is 0 Å². The monoisotopic (exact) mass is 306 g/mol. The summed E-state index contributed by atoms with van der Waals surface area (Å²) < 4.78 is 10.9. The van der Waals surface area contributed by atoms with E-state index in [1.165, 1.54) is 0 Å². The van der Waals surface area contributed by atoms with Crippen LogP contribution >= 0.6 is 0 Å². The van der Waals surface area contributed by atoms with Gasteiger partial charge in [-0.15, -0.1) is 0 Å². The molecule has 122 valence electrons. The van der Waals surface area contributed by atoms with Crippen LogP contribution in [-0.4, -0.2) is 32.4 Å².